The Morgan fingerprint density at radius 1 is 1.45 bits per heavy atom. The SMILES string of the molecule is Cc1cc(OCC(=O)Nc2nncs2)ccc1C(C)C. The minimum atomic E-state index is -0.243. The molecule has 0 aliphatic rings. The highest BCUT2D eigenvalue weighted by Crippen LogP contribution is 2.23. The van der Waals surface area contributed by atoms with Crippen molar-refractivity contribution in [2.75, 3.05) is 11.9 Å². The zero-order valence-electron chi connectivity index (χ0n) is 11.7. The molecule has 1 aromatic carbocycles. The second-order valence-corrected chi connectivity index (χ2v) is 5.59. The van der Waals surface area contributed by atoms with Crippen LogP contribution in [0, 0.1) is 6.92 Å². The van der Waals surface area contributed by atoms with Gasteiger partial charge in [-0.15, -0.1) is 10.2 Å². The minimum Gasteiger partial charge on any atom is -0.484 e. The molecule has 0 unspecified atom stereocenters. The molecule has 1 amide bonds. The molecule has 0 spiro atoms. The van der Waals surface area contributed by atoms with E-state index >= 15 is 0 Å². The van der Waals surface area contributed by atoms with Crippen molar-refractivity contribution < 1.29 is 9.53 Å². The molecule has 5 nitrogen and oxygen atoms in total. The summed E-state index contributed by atoms with van der Waals surface area (Å²) in [6.45, 7) is 6.31. The Morgan fingerprint density at radius 3 is 2.85 bits per heavy atom. The number of hydrogen-bond donors (Lipinski definition) is 1. The average Bonchev–Trinajstić information content (AvgIpc) is 2.89. The lowest BCUT2D eigenvalue weighted by molar-refractivity contribution is -0.118. The van der Waals surface area contributed by atoms with Gasteiger partial charge in [-0.05, 0) is 36.1 Å². The summed E-state index contributed by atoms with van der Waals surface area (Å²) >= 11 is 1.27. The maximum Gasteiger partial charge on any atom is 0.264 e. The molecular weight excluding hydrogens is 274 g/mol. The first-order valence-corrected chi connectivity index (χ1v) is 7.23. The highest BCUT2D eigenvalue weighted by molar-refractivity contribution is 7.13. The molecule has 2 aromatic rings. The van der Waals surface area contributed by atoms with E-state index in [1.165, 1.54) is 22.5 Å². The predicted octanol–water partition coefficient (Wildman–Crippen LogP) is 2.99. The van der Waals surface area contributed by atoms with Gasteiger partial charge in [0, 0.05) is 0 Å². The lowest BCUT2D eigenvalue weighted by atomic mass is 9.98. The number of hydrogen-bond acceptors (Lipinski definition) is 5. The van der Waals surface area contributed by atoms with Crippen LogP contribution in [0.15, 0.2) is 23.7 Å². The van der Waals surface area contributed by atoms with Gasteiger partial charge in [0.05, 0.1) is 0 Å². The van der Waals surface area contributed by atoms with E-state index in [4.69, 9.17) is 4.74 Å². The van der Waals surface area contributed by atoms with Crippen molar-refractivity contribution in [2.45, 2.75) is 26.7 Å². The molecule has 6 heteroatoms. The van der Waals surface area contributed by atoms with Crippen LogP contribution in [-0.2, 0) is 4.79 Å². The predicted molar refractivity (Wildman–Crippen MR) is 79.3 cm³/mol. The number of rotatable bonds is 5. The lowest BCUT2D eigenvalue weighted by Gasteiger charge is -2.12. The molecule has 2 rings (SSSR count). The van der Waals surface area contributed by atoms with Gasteiger partial charge in [-0.3, -0.25) is 10.1 Å². The fraction of sp³-hybridized carbons (Fsp3) is 0.357. The molecule has 0 aliphatic carbocycles. The summed E-state index contributed by atoms with van der Waals surface area (Å²) in [5.41, 5.74) is 4.02. The summed E-state index contributed by atoms with van der Waals surface area (Å²) < 4.78 is 5.48. The van der Waals surface area contributed by atoms with Crippen LogP contribution >= 0.6 is 11.3 Å². The molecule has 0 saturated heterocycles. The number of anilines is 1. The van der Waals surface area contributed by atoms with Crippen LogP contribution in [0.3, 0.4) is 0 Å². The van der Waals surface area contributed by atoms with Crippen molar-refractivity contribution in [3.05, 3.63) is 34.8 Å². The number of ether oxygens (including phenoxy) is 1. The van der Waals surface area contributed by atoms with Crippen LogP contribution in [0.25, 0.3) is 0 Å². The van der Waals surface area contributed by atoms with E-state index in [2.05, 4.69) is 29.4 Å². The van der Waals surface area contributed by atoms with Crippen molar-refractivity contribution in [3.63, 3.8) is 0 Å². The number of nitrogens with zero attached hydrogens (tertiary/aromatic N) is 2. The van der Waals surface area contributed by atoms with Crippen molar-refractivity contribution in [3.8, 4) is 5.75 Å². The second kappa shape index (κ2) is 6.47. The van der Waals surface area contributed by atoms with Crippen LogP contribution in [-0.4, -0.2) is 22.7 Å². The topological polar surface area (TPSA) is 64.1 Å². The van der Waals surface area contributed by atoms with Crippen molar-refractivity contribution >= 4 is 22.4 Å². The Morgan fingerprint density at radius 2 is 2.25 bits per heavy atom. The maximum absolute atomic E-state index is 11.6. The van der Waals surface area contributed by atoms with Gasteiger partial charge in [-0.2, -0.15) is 0 Å². The third kappa shape index (κ3) is 3.77. The largest absolute Gasteiger partial charge is 0.484 e. The molecule has 1 heterocycles. The number of aryl methyl sites for hydroxylation is 1. The van der Waals surface area contributed by atoms with E-state index < -0.39 is 0 Å². The monoisotopic (exact) mass is 291 g/mol. The summed E-state index contributed by atoms with van der Waals surface area (Å²) in [5, 5.41) is 10.5. The van der Waals surface area contributed by atoms with Gasteiger partial charge in [-0.25, -0.2) is 0 Å². The Kier molecular flexibility index (Phi) is 4.68. The minimum absolute atomic E-state index is 0.0416. The quantitative estimate of drug-likeness (QED) is 0.919. The smallest absolute Gasteiger partial charge is 0.264 e. The van der Waals surface area contributed by atoms with Gasteiger partial charge < -0.3 is 4.74 Å². The van der Waals surface area contributed by atoms with Crippen LogP contribution in [0.5, 0.6) is 5.75 Å². The first-order valence-electron chi connectivity index (χ1n) is 6.35. The summed E-state index contributed by atoms with van der Waals surface area (Å²) in [5.74, 6) is 0.927. The maximum atomic E-state index is 11.6. The molecule has 1 aromatic heterocycles. The second-order valence-electron chi connectivity index (χ2n) is 4.75. The molecule has 0 atom stereocenters. The number of nitrogens with one attached hydrogen (secondary N) is 1. The summed E-state index contributed by atoms with van der Waals surface area (Å²) in [7, 11) is 0. The Labute approximate surface area is 122 Å². The van der Waals surface area contributed by atoms with E-state index in [0.29, 0.717) is 16.8 Å². The van der Waals surface area contributed by atoms with Crippen LogP contribution in [0.4, 0.5) is 5.13 Å². The highest BCUT2D eigenvalue weighted by Gasteiger charge is 2.08. The summed E-state index contributed by atoms with van der Waals surface area (Å²) in [6, 6.07) is 5.88. The Balaban J connectivity index is 1.91. The standard InChI is InChI=1S/C14H17N3O2S/c1-9(2)12-5-4-11(6-10(12)3)19-7-13(18)16-14-17-15-8-20-14/h4-6,8-9H,7H2,1-3H3,(H,16,17,18). The lowest BCUT2D eigenvalue weighted by Crippen LogP contribution is -2.20. The van der Waals surface area contributed by atoms with Crippen molar-refractivity contribution in [1.29, 1.82) is 0 Å². The van der Waals surface area contributed by atoms with Gasteiger partial charge in [-0.1, -0.05) is 31.3 Å². The number of carbonyl (C=O) groups is 1. The zero-order valence-corrected chi connectivity index (χ0v) is 12.5. The normalized spacial score (nSPS) is 10.6. The molecule has 1 N–H and O–H groups in total. The van der Waals surface area contributed by atoms with Crippen molar-refractivity contribution in [2.24, 2.45) is 0 Å². The summed E-state index contributed by atoms with van der Waals surface area (Å²) in [4.78, 5) is 11.6. The molecule has 0 fully saturated rings. The Bertz CT molecular complexity index is 582. The summed E-state index contributed by atoms with van der Waals surface area (Å²) in [6.07, 6.45) is 0. The fourth-order valence-corrected chi connectivity index (χ4v) is 2.38. The molecule has 0 saturated carbocycles. The number of amides is 1. The molecule has 20 heavy (non-hydrogen) atoms. The third-order valence-corrected chi connectivity index (χ3v) is 3.45. The van der Waals surface area contributed by atoms with Gasteiger partial charge >= 0.3 is 0 Å². The van der Waals surface area contributed by atoms with Crippen LogP contribution in [0.2, 0.25) is 0 Å². The van der Waals surface area contributed by atoms with E-state index in [1.54, 1.807) is 5.51 Å². The van der Waals surface area contributed by atoms with E-state index in [-0.39, 0.29) is 12.5 Å². The van der Waals surface area contributed by atoms with E-state index in [9.17, 15) is 4.79 Å². The first-order chi connectivity index (χ1) is 9.56. The fourth-order valence-electron chi connectivity index (χ4n) is 1.92. The zero-order chi connectivity index (χ0) is 14.5. The van der Waals surface area contributed by atoms with Gasteiger partial charge in [0.15, 0.2) is 6.61 Å². The van der Waals surface area contributed by atoms with E-state index in [0.717, 1.165) is 0 Å². The number of carbonyl (C=O) groups excluding carboxylic acids is 1. The third-order valence-electron chi connectivity index (χ3n) is 2.84. The molecule has 0 aliphatic heterocycles. The van der Waals surface area contributed by atoms with Gasteiger partial charge in [0.2, 0.25) is 5.13 Å². The van der Waals surface area contributed by atoms with E-state index in [1.807, 2.05) is 25.1 Å². The first kappa shape index (κ1) is 14.5. The number of aromatic nitrogens is 2. The highest BCUT2D eigenvalue weighted by atomic mass is 32.1. The van der Waals surface area contributed by atoms with Gasteiger partial charge in [0.1, 0.15) is 11.3 Å². The molecule has 106 valence electrons. The Hall–Kier alpha value is -1.95. The molecular formula is C14H17N3O2S. The van der Waals surface area contributed by atoms with Crippen LogP contribution < -0.4 is 10.1 Å². The van der Waals surface area contributed by atoms with Crippen molar-refractivity contribution in [1.82, 2.24) is 10.2 Å². The average molecular weight is 291 g/mol. The molecule has 0 radical (unpaired) electrons. The van der Waals surface area contributed by atoms with Gasteiger partial charge in [0.25, 0.3) is 5.91 Å². The molecule has 0 bridgehead atoms. The number of benzene rings is 1. The van der Waals surface area contributed by atoms with Crippen LogP contribution in [0.1, 0.15) is 30.9 Å².